The summed E-state index contributed by atoms with van der Waals surface area (Å²) in [4.78, 5) is 29.9. The van der Waals surface area contributed by atoms with E-state index in [4.69, 9.17) is 4.74 Å². The average Bonchev–Trinajstić information content (AvgIpc) is 3.31. The van der Waals surface area contributed by atoms with Gasteiger partial charge in [-0.1, -0.05) is 36.0 Å². The lowest BCUT2D eigenvalue weighted by Gasteiger charge is -2.15. The van der Waals surface area contributed by atoms with Gasteiger partial charge in [-0.15, -0.1) is 11.3 Å². The van der Waals surface area contributed by atoms with Crippen molar-refractivity contribution in [2.75, 3.05) is 11.5 Å². The molecule has 4 rings (SSSR count). The average molecular weight is 408 g/mol. The predicted octanol–water partition coefficient (Wildman–Crippen LogP) is 5.22. The molecule has 0 fully saturated rings. The SMILES string of the molecule is CCOc1ccc(N2C(=O)C(Sc3ccccc3)=C(c3cccs3)C2=O)cc1. The Labute approximate surface area is 171 Å². The van der Waals surface area contributed by atoms with Crippen LogP contribution in [0.5, 0.6) is 5.75 Å². The highest BCUT2D eigenvalue weighted by molar-refractivity contribution is 8.04. The van der Waals surface area contributed by atoms with Crippen LogP contribution in [0.4, 0.5) is 5.69 Å². The maximum Gasteiger partial charge on any atom is 0.272 e. The first-order valence-electron chi connectivity index (χ1n) is 8.81. The summed E-state index contributed by atoms with van der Waals surface area (Å²) in [6.45, 7) is 2.47. The molecule has 0 N–H and O–H groups in total. The zero-order valence-electron chi connectivity index (χ0n) is 15.1. The van der Waals surface area contributed by atoms with Gasteiger partial charge in [-0.2, -0.15) is 0 Å². The summed E-state index contributed by atoms with van der Waals surface area (Å²) >= 11 is 2.78. The summed E-state index contributed by atoms with van der Waals surface area (Å²) in [6.07, 6.45) is 0. The van der Waals surface area contributed by atoms with E-state index in [0.717, 1.165) is 9.77 Å². The van der Waals surface area contributed by atoms with Crippen LogP contribution in [0.15, 0.2) is 81.9 Å². The van der Waals surface area contributed by atoms with Crippen molar-refractivity contribution >= 4 is 46.2 Å². The molecule has 0 saturated heterocycles. The van der Waals surface area contributed by atoms with E-state index < -0.39 is 0 Å². The minimum atomic E-state index is -0.300. The van der Waals surface area contributed by atoms with Crippen LogP contribution < -0.4 is 9.64 Å². The zero-order valence-corrected chi connectivity index (χ0v) is 16.8. The number of amides is 2. The quantitative estimate of drug-likeness (QED) is 0.526. The standard InChI is InChI=1S/C22H17NO3S2/c1-2-26-16-12-10-15(11-13-16)23-21(24)19(18-9-6-14-27-18)20(22(23)25)28-17-7-4-3-5-8-17/h3-14H,2H2,1H3. The number of carbonyl (C=O) groups excluding carboxylic acids is 2. The first kappa shape index (κ1) is 18.5. The van der Waals surface area contributed by atoms with Crippen molar-refractivity contribution in [3.05, 3.63) is 81.9 Å². The van der Waals surface area contributed by atoms with Crippen LogP contribution in [-0.4, -0.2) is 18.4 Å². The maximum atomic E-state index is 13.2. The molecule has 3 aromatic rings. The second kappa shape index (κ2) is 8.04. The number of thioether (sulfide) groups is 1. The third-order valence-corrected chi connectivity index (χ3v) is 6.16. The highest BCUT2D eigenvalue weighted by Gasteiger charge is 2.40. The van der Waals surface area contributed by atoms with Crippen LogP contribution in [0.2, 0.25) is 0 Å². The summed E-state index contributed by atoms with van der Waals surface area (Å²) in [5, 5.41) is 1.91. The Morgan fingerprint density at radius 2 is 1.68 bits per heavy atom. The molecular weight excluding hydrogens is 390 g/mol. The fourth-order valence-electron chi connectivity index (χ4n) is 2.94. The Balaban J connectivity index is 1.73. The molecule has 0 spiro atoms. The zero-order chi connectivity index (χ0) is 19.5. The number of imide groups is 1. The van der Waals surface area contributed by atoms with E-state index in [9.17, 15) is 9.59 Å². The van der Waals surface area contributed by atoms with E-state index in [1.54, 1.807) is 24.3 Å². The Hall–Kier alpha value is -2.83. The number of thiophene rings is 1. The topological polar surface area (TPSA) is 46.6 Å². The number of anilines is 1. The molecule has 0 bridgehead atoms. The minimum Gasteiger partial charge on any atom is -0.494 e. The number of ether oxygens (including phenoxy) is 1. The molecule has 0 atom stereocenters. The number of hydrogen-bond donors (Lipinski definition) is 0. The number of rotatable bonds is 6. The van der Waals surface area contributed by atoms with Gasteiger partial charge < -0.3 is 4.74 Å². The molecule has 2 heterocycles. The molecule has 1 aromatic heterocycles. The van der Waals surface area contributed by atoms with Crippen LogP contribution in [0.25, 0.3) is 5.57 Å². The van der Waals surface area contributed by atoms with Gasteiger partial charge >= 0.3 is 0 Å². The van der Waals surface area contributed by atoms with Crippen molar-refractivity contribution in [2.24, 2.45) is 0 Å². The summed E-state index contributed by atoms with van der Waals surface area (Å²) in [6, 6.07) is 20.4. The Morgan fingerprint density at radius 3 is 2.32 bits per heavy atom. The molecule has 0 aliphatic carbocycles. The van der Waals surface area contributed by atoms with Gasteiger partial charge in [0.25, 0.3) is 11.8 Å². The molecule has 0 unspecified atom stereocenters. The first-order valence-corrected chi connectivity index (χ1v) is 10.5. The van der Waals surface area contributed by atoms with Crippen LogP contribution in [0.3, 0.4) is 0 Å². The summed E-state index contributed by atoms with van der Waals surface area (Å²) in [5.41, 5.74) is 0.999. The van der Waals surface area contributed by atoms with Crippen molar-refractivity contribution < 1.29 is 14.3 Å². The lowest BCUT2D eigenvalue weighted by molar-refractivity contribution is -0.119. The lowest BCUT2D eigenvalue weighted by atomic mass is 10.2. The molecule has 2 aromatic carbocycles. The number of carbonyl (C=O) groups is 2. The van der Waals surface area contributed by atoms with Gasteiger partial charge in [-0.3, -0.25) is 9.59 Å². The summed E-state index contributed by atoms with van der Waals surface area (Å²) in [5.74, 6) is 0.108. The van der Waals surface area contributed by atoms with Crippen LogP contribution in [0.1, 0.15) is 11.8 Å². The second-order valence-electron chi connectivity index (χ2n) is 5.97. The first-order chi connectivity index (χ1) is 13.7. The summed E-state index contributed by atoms with van der Waals surface area (Å²) in [7, 11) is 0. The van der Waals surface area contributed by atoms with Gasteiger partial charge in [0.1, 0.15) is 5.75 Å². The predicted molar refractivity (Wildman–Crippen MR) is 114 cm³/mol. The third-order valence-electron chi connectivity index (χ3n) is 4.18. The van der Waals surface area contributed by atoms with E-state index in [0.29, 0.717) is 28.5 Å². The molecule has 1 aliphatic rings. The van der Waals surface area contributed by atoms with E-state index in [2.05, 4.69) is 0 Å². The Morgan fingerprint density at radius 1 is 0.929 bits per heavy atom. The van der Waals surface area contributed by atoms with Crippen LogP contribution in [-0.2, 0) is 9.59 Å². The van der Waals surface area contributed by atoms with Gasteiger partial charge in [0.15, 0.2) is 0 Å². The van der Waals surface area contributed by atoms with Gasteiger partial charge in [0.05, 0.1) is 22.8 Å². The molecule has 0 radical (unpaired) electrons. The van der Waals surface area contributed by atoms with Crippen molar-refractivity contribution in [3.8, 4) is 5.75 Å². The molecule has 2 amide bonds. The monoisotopic (exact) mass is 407 g/mol. The van der Waals surface area contributed by atoms with Gasteiger partial charge in [0.2, 0.25) is 0 Å². The normalized spacial score (nSPS) is 14.1. The van der Waals surface area contributed by atoms with Crippen molar-refractivity contribution in [3.63, 3.8) is 0 Å². The highest BCUT2D eigenvalue weighted by atomic mass is 32.2. The largest absolute Gasteiger partial charge is 0.494 e. The highest BCUT2D eigenvalue weighted by Crippen LogP contribution is 2.42. The second-order valence-corrected chi connectivity index (χ2v) is 8.00. The van der Waals surface area contributed by atoms with Crippen LogP contribution in [0, 0.1) is 0 Å². The van der Waals surface area contributed by atoms with Gasteiger partial charge in [-0.05, 0) is 54.8 Å². The maximum absolute atomic E-state index is 13.2. The van der Waals surface area contributed by atoms with E-state index >= 15 is 0 Å². The van der Waals surface area contributed by atoms with Crippen molar-refractivity contribution in [2.45, 2.75) is 11.8 Å². The lowest BCUT2D eigenvalue weighted by Crippen LogP contribution is -2.31. The minimum absolute atomic E-state index is 0.296. The van der Waals surface area contributed by atoms with E-state index in [1.165, 1.54) is 28.0 Å². The van der Waals surface area contributed by atoms with Gasteiger partial charge in [-0.25, -0.2) is 4.90 Å². The van der Waals surface area contributed by atoms with Crippen LogP contribution >= 0.6 is 23.1 Å². The Bertz CT molecular complexity index is 1030. The molecule has 28 heavy (non-hydrogen) atoms. The fraction of sp³-hybridized carbons (Fsp3) is 0.0909. The van der Waals surface area contributed by atoms with E-state index in [1.807, 2.05) is 54.8 Å². The van der Waals surface area contributed by atoms with E-state index in [-0.39, 0.29) is 11.8 Å². The smallest absolute Gasteiger partial charge is 0.272 e. The molecule has 6 heteroatoms. The molecule has 1 aliphatic heterocycles. The molecule has 0 saturated carbocycles. The van der Waals surface area contributed by atoms with Crippen molar-refractivity contribution in [1.29, 1.82) is 0 Å². The molecule has 4 nitrogen and oxygen atoms in total. The Kier molecular flexibility index (Phi) is 5.32. The third kappa shape index (κ3) is 3.48. The number of nitrogens with zero attached hydrogens (tertiary/aromatic N) is 1. The summed E-state index contributed by atoms with van der Waals surface area (Å²) < 4.78 is 5.46. The van der Waals surface area contributed by atoms with Gasteiger partial charge in [0, 0.05) is 9.77 Å². The molecular formula is C22H17NO3S2. The number of benzene rings is 2. The van der Waals surface area contributed by atoms with Crippen molar-refractivity contribution in [1.82, 2.24) is 0 Å². The fourth-order valence-corrected chi connectivity index (χ4v) is 4.78. The molecule has 140 valence electrons. The number of hydrogen-bond acceptors (Lipinski definition) is 5.